The maximum absolute atomic E-state index is 13.0. The maximum Gasteiger partial charge on any atom is 0.244 e. The second kappa shape index (κ2) is 6.74. The van der Waals surface area contributed by atoms with Crippen molar-refractivity contribution in [3.05, 3.63) is 66.2 Å². The van der Waals surface area contributed by atoms with Gasteiger partial charge in [-0.2, -0.15) is 0 Å². The fourth-order valence-corrected chi connectivity index (χ4v) is 5.60. The Morgan fingerprint density at radius 1 is 1.04 bits per heavy atom. The smallest absolute Gasteiger partial charge is 0.244 e. The van der Waals surface area contributed by atoms with Gasteiger partial charge in [0.25, 0.3) is 0 Å². The van der Waals surface area contributed by atoms with E-state index in [9.17, 15) is 8.42 Å². The van der Waals surface area contributed by atoms with Crippen LogP contribution in [0.4, 0.5) is 0 Å². The highest BCUT2D eigenvalue weighted by Crippen LogP contribution is 2.32. The molecule has 0 radical (unpaired) electrons. The molecule has 1 aromatic carbocycles. The van der Waals surface area contributed by atoms with Gasteiger partial charge in [0.1, 0.15) is 0 Å². The molecule has 7 heteroatoms. The van der Waals surface area contributed by atoms with Gasteiger partial charge < -0.3 is 0 Å². The first kappa shape index (κ1) is 17.4. The molecule has 0 spiro atoms. The molecule has 0 bridgehead atoms. The molecule has 1 fully saturated rings. The Labute approximate surface area is 163 Å². The summed E-state index contributed by atoms with van der Waals surface area (Å²) in [6.07, 6.45) is 11.5. The van der Waals surface area contributed by atoms with Crippen LogP contribution in [-0.2, 0) is 15.8 Å². The Morgan fingerprint density at radius 3 is 2.61 bits per heavy atom. The summed E-state index contributed by atoms with van der Waals surface area (Å²) in [5, 5.41) is 0. The third-order valence-electron chi connectivity index (χ3n) is 5.63. The van der Waals surface area contributed by atoms with Crippen molar-refractivity contribution in [2.45, 2.75) is 43.8 Å². The first-order valence-electron chi connectivity index (χ1n) is 9.74. The van der Waals surface area contributed by atoms with Gasteiger partial charge >= 0.3 is 0 Å². The molecule has 0 N–H and O–H groups in total. The van der Waals surface area contributed by atoms with Crippen molar-refractivity contribution in [1.82, 2.24) is 18.3 Å². The van der Waals surface area contributed by atoms with E-state index in [0.29, 0.717) is 11.6 Å². The van der Waals surface area contributed by atoms with E-state index in [1.165, 1.54) is 36.1 Å². The number of imidazole rings is 1. The van der Waals surface area contributed by atoms with Crippen LogP contribution < -0.4 is 0 Å². The van der Waals surface area contributed by atoms with Gasteiger partial charge in [-0.15, -0.1) is 0 Å². The molecular weight excluding hydrogens is 372 g/mol. The fourth-order valence-electron chi connectivity index (χ4n) is 4.20. The summed E-state index contributed by atoms with van der Waals surface area (Å²) < 4.78 is 29.2. The minimum Gasteiger partial charge on any atom is -0.295 e. The quantitative estimate of drug-likeness (QED) is 0.522. The number of rotatable bonds is 4. The number of aromatic nitrogens is 4. The van der Waals surface area contributed by atoms with E-state index in [0.717, 1.165) is 22.4 Å². The van der Waals surface area contributed by atoms with Gasteiger partial charge in [-0.05, 0) is 24.5 Å². The summed E-state index contributed by atoms with van der Waals surface area (Å²) in [6, 6.07) is 11.0. The molecule has 144 valence electrons. The monoisotopic (exact) mass is 394 g/mol. The Bertz CT molecular complexity index is 1240. The van der Waals surface area contributed by atoms with E-state index in [1.807, 2.05) is 40.8 Å². The molecule has 0 atom stereocenters. The van der Waals surface area contributed by atoms with Gasteiger partial charge in [0, 0.05) is 18.3 Å². The Balaban J connectivity index is 1.56. The number of hydrogen-bond acceptors (Lipinski definition) is 4. The molecule has 1 saturated carbocycles. The topological polar surface area (TPSA) is 69.3 Å². The van der Waals surface area contributed by atoms with Crippen molar-refractivity contribution in [3.8, 4) is 0 Å². The van der Waals surface area contributed by atoms with E-state index in [4.69, 9.17) is 4.98 Å². The lowest BCUT2D eigenvalue weighted by Gasteiger charge is -2.19. The van der Waals surface area contributed by atoms with Gasteiger partial charge in [0.2, 0.25) is 10.0 Å². The van der Waals surface area contributed by atoms with Crippen molar-refractivity contribution in [1.29, 1.82) is 0 Å². The number of benzene rings is 1. The highest BCUT2D eigenvalue weighted by atomic mass is 32.2. The van der Waals surface area contributed by atoms with Gasteiger partial charge in [-0.25, -0.2) is 22.4 Å². The molecule has 6 nitrogen and oxygen atoms in total. The van der Waals surface area contributed by atoms with Crippen LogP contribution in [0, 0.1) is 0 Å². The minimum atomic E-state index is -3.56. The lowest BCUT2D eigenvalue weighted by atomic mass is 9.87. The van der Waals surface area contributed by atoms with Crippen LogP contribution in [0.2, 0.25) is 0 Å². The highest BCUT2D eigenvalue weighted by molar-refractivity contribution is 7.89. The first-order valence-corrected chi connectivity index (χ1v) is 11.3. The zero-order valence-corrected chi connectivity index (χ0v) is 16.3. The predicted molar refractivity (Wildman–Crippen MR) is 109 cm³/mol. The standard InChI is InChI=1S/C21H22N4O2S/c26-28(27,15-16-7-3-1-4-8-16)25-12-11-19-21(25)22-13-20-23-18(14-24(19)20)17-9-5-2-6-10-17/h1,3-4,7-8,11-14,17H,2,5-6,9-10,15H2. The summed E-state index contributed by atoms with van der Waals surface area (Å²) in [5.74, 6) is 0.432. The van der Waals surface area contributed by atoms with E-state index < -0.39 is 10.0 Å². The Kier molecular flexibility index (Phi) is 4.19. The average molecular weight is 395 g/mol. The second-order valence-corrected chi connectivity index (χ2v) is 9.40. The largest absolute Gasteiger partial charge is 0.295 e. The van der Waals surface area contributed by atoms with Crippen LogP contribution in [0.25, 0.3) is 16.8 Å². The maximum atomic E-state index is 13.0. The van der Waals surface area contributed by atoms with Gasteiger partial charge in [0.05, 0.1) is 23.2 Å². The van der Waals surface area contributed by atoms with Gasteiger partial charge in [-0.3, -0.25) is 4.40 Å². The molecule has 3 aromatic heterocycles. The van der Waals surface area contributed by atoms with Gasteiger partial charge in [-0.1, -0.05) is 49.6 Å². The van der Waals surface area contributed by atoms with Crippen LogP contribution in [0.15, 0.2) is 55.0 Å². The van der Waals surface area contributed by atoms with E-state index >= 15 is 0 Å². The zero-order valence-electron chi connectivity index (χ0n) is 15.5. The van der Waals surface area contributed by atoms with Crippen molar-refractivity contribution < 1.29 is 8.42 Å². The number of fused-ring (bicyclic) bond motifs is 3. The molecule has 4 aromatic rings. The summed E-state index contributed by atoms with van der Waals surface area (Å²) in [6.45, 7) is 0. The van der Waals surface area contributed by atoms with Gasteiger partial charge in [0.15, 0.2) is 11.3 Å². The molecule has 3 heterocycles. The molecule has 28 heavy (non-hydrogen) atoms. The average Bonchev–Trinajstić information content (AvgIpc) is 3.33. The Morgan fingerprint density at radius 2 is 1.82 bits per heavy atom. The summed E-state index contributed by atoms with van der Waals surface area (Å²) in [4.78, 5) is 9.20. The van der Waals surface area contributed by atoms with E-state index in [1.54, 1.807) is 12.4 Å². The third-order valence-corrected chi connectivity index (χ3v) is 7.23. The van der Waals surface area contributed by atoms with Crippen LogP contribution >= 0.6 is 0 Å². The third kappa shape index (κ3) is 2.99. The molecule has 0 amide bonds. The van der Waals surface area contributed by atoms with Crippen molar-refractivity contribution in [2.75, 3.05) is 0 Å². The number of nitrogens with zero attached hydrogens (tertiary/aromatic N) is 4. The SMILES string of the molecule is O=S(=O)(Cc1ccccc1)n1ccc2c1ncc1nc(C3CCCCC3)cn12. The lowest BCUT2D eigenvalue weighted by molar-refractivity contribution is 0.438. The molecular formula is C21H22N4O2S. The van der Waals surface area contributed by atoms with Crippen LogP contribution in [0.5, 0.6) is 0 Å². The van der Waals surface area contributed by atoms with E-state index in [-0.39, 0.29) is 5.75 Å². The first-order chi connectivity index (χ1) is 13.6. The zero-order chi connectivity index (χ0) is 19.1. The molecule has 0 aliphatic heterocycles. The van der Waals surface area contributed by atoms with Crippen LogP contribution in [0.1, 0.15) is 49.3 Å². The van der Waals surface area contributed by atoms with Crippen LogP contribution in [-0.4, -0.2) is 26.8 Å². The summed E-state index contributed by atoms with van der Waals surface area (Å²) in [5.41, 5.74) is 3.83. The summed E-state index contributed by atoms with van der Waals surface area (Å²) >= 11 is 0. The fraction of sp³-hybridized carbons (Fsp3) is 0.333. The molecule has 1 aliphatic rings. The molecule has 5 rings (SSSR count). The van der Waals surface area contributed by atoms with E-state index in [2.05, 4.69) is 11.2 Å². The van der Waals surface area contributed by atoms with Crippen molar-refractivity contribution in [2.24, 2.45) is 0 Å². The summed E-state index contributed by atoms with van der Waals surface area (Å²) in [7, 11) is -3.56. The molecule has 0 saturated heterocycles. The van der Waals surface area contributed by atoms with Crippen LogP contribution in [0.3, 0.4) is 0 Å². The van der Waals surface area contributed by atoms with Crippen molar-refractivity contribution >= 4 is 26.8 Å². The molecule has 0 unspecified atom stereocenters. The van der Waals surface area contributed by atoms with Crippen molar-refractivity contribution in [3.63, 3.8) is 0 Å². The Hall–Kier alpha value is -2.67. The predicted octanol–water partition coefficient (Wildman–Crippen LogP) is 4.11. The number of hydrogen-bond donors (Lipinski definition) is 0. The molecule has 1 aliphatic carbocycles. The normalized spacial score (nSPS) is 16.1. The highest BCUT2D eigenvalue weighted by Gasteiger charge is 2.22. The minimum absolute atomic E-state index is 0.0609. The lowest BCUT2D eigenvalue weighted by Crippen LogP contribution is -2.14. The second-order valence-electron chi connectivity index (χ2n) is 7.55.